The number of esters is 1. The molecule has 5 nitrogen and oxygen atoms in total. The molecule has 2 saturated heterocycles. The van der Waals surface area contributed by atoms with Crippen molar-refractivity contribution in [3.05, 3.63) is 0 Å². The molecule has 0 bridgehead atoms. The second-order valence-corrected chi connectivity index (χ2v) is 4.58. The highest BCUT2D eigenvalue weighted by atomic mass is 16.6. The molecule has 2 aliphatic heterocycles. The van der Waals surface area contributed by atoms with Crippen LogP contribution in [-0.4, -0.2) is 48.7 Å². The molecule has 0 aromatic rings. The molecule has 0 aromatic carbocycles. The molecule has 4 atom stereocenters. The van der Waals surface area contributed by atoms with Crippen molar-refractivity contribution in [1.82, 2.24) is 0 Å². The van der Waals surface area contributed by atoms with E-state index in [-0.39, 0.29) is 24.6 Å². The maximum absolute atomic E-state index is 11.4. The van der Waals surface area contributed by atoms with E-state index < -0.39 is 12.2 Å². The first-order chi connectivity index (χ1) is 8.20. The van der Waals surface area contributed by atoms with Gasteiger partial charge < -0.3 is 19.3 Å². The Morgan fingerprint density at radius 1 is 1.47 bits per heavy atom. The van der Waals surface area contributed by atoms with Gasteiger partial charge in [-0.3, -0.25) is 4.79 Å². The van der Waals surface area contributed by atoms with Crippen LogP contribution in [0.15, 0.2) is 0 Å². The predicted octanol–water partition coefficient (Wildman–Crippen LogP) is 0.637. The highest BCUT2D eigenvalue weighted by Crippen LogP contribution is 2.30. The molecule has 0 aliphatic carbocycles. The first kappa shape index (κ1) is 12.8. The lowest BCUT2D eigenvalue weighted by molar-refractivity contribution is -0.206. The van der Waals surface area contributed by atoms with E-state index in [1.165, 1.54) is 0 Å². The summed E-state index contributed by atoms with van der Waals surface area (Å²) >= 11 is 0. The van der Waals surface area contributed by atoms with Gasteiger partial charge in [-0.05, 0) is 19.8 Å². The standard InChI is InChI=1S/C12H20O5/c1-2-15-12(14)7-10-8(13)6-11-9(17-10)4-3-5-16-11/h8-11,13H,2-7H2,1H3/t8-,9-,10+,11+/m0/s1. The molecule has 98 valence electrons. The minimum Gasteiger partial charge on any atom is -0.466 e. The van der Waals surface area contributed by atoms with Crippen molar-refractivity contribution in [2.45, 2.75) is 57.0 Å². The summed E-state index contributed by atoms with van der Waals surface area (Å²) in [6.07, 6.45) is 1.51. The lowest BCUT2D eigenvalue weighted by Gasteiger charge is -2.41. The second kappa shape index (κ2) is 5.80. The summed E-state index contributed by atoms with van der Waals surface area (Å²) in [5.41, 5.74) is 0. The van der Waals surface area contributed by atoms with E-state index in [9.17, 15) is 9.90 Å². The SMILES string of the molecule is CCOC(=O)C[C@H]1O[C@H]2CCCO[C@@H]2C[C@@H]1O. The van der Waals surface area contributed by atoms with Crippen LogP contribution in [-0.2, 0) is 19.0 Å². The molecule has 2 fully saturated rings. The zero-order valence-corrected chi connectivity index (χ0v) is 10.1. The lowest BCUT2D eigenvalue weighted by atomic mass is 9.92. The molecule has 2 heterocycles. The molecule has 0 aromatic heterocycles. The van der Waals surface area contributed by atoms with E-state index in [1.54, 1.807) is 6.92 Å². The fourth-order valence-corrected chi connectivity index (χ4v) is 2.46. The number of carbonyl (C=O) groups excluding carboxylic acids is 1. The molecular formula is C12H20O5. The van der Waals surface area contributed by atoms with Gasteiger partial charge in [0.1, 0.15) is 0 Å². The zero-order valence-electron chi connectivity index (χ0n) is 10.1. The van der Waals surface area contributed by atoms with Crippen LogP contribution in [0, 0.1) is 0 Å². The van der Waals surface area contributed by atoms with Gasteiger partial charge in [0.15, 0.2) is 0 Å². The normalized spacial score (nSPS) is 37.3. The second-order valence-electron chi connectivity index (χ2n) is 4.58. The predicted molar refractivity (Wildman–Crippen MR) is 59.5 cm³/mol. The van der Waals surface area contributed by atoms with Crippen LogP contribution < -0.4 is 0 Å². The Morgan fingerprint density at radius 3 is 3.06 bits per heavy atom. The molecular weight excluding hydrogens is 224 g/mol. The molecule has 17 heavy (non-hydrogen) atoms. The van der Waals surface area contributed by atoms with Crippen LogP contribution in [0.4, 0.5) is 0 Å². The summed E-state index contributed by atoms with van der Waals surface area (Å²) in [6, 6.07) is 0. The average molecular weight is 244 g/mol. The van der Waals surface area contributed by atoms with Crippen LogP contribution in [0.2, 0.25) is 0 Å². The number of aliphatic hydroxyl groups excluding tert-OH is 1. The van der Waals surface area contributed by atoms with Gasteiger partial charge in [-0.2, -0.15) is 0 Å². The molecule has 2 aliphatic rings. The summed E-state index contributed by atoms with van der Waals surface area (Å²) in [5.74, 6) is -0.313. The molecule has 1 N–H and O–H groups in total. The Labute approximate surface area is 101 Å². The maximum atomic E-state index is 11.4. The summed E-state index contributed by atoms with van der Waals surface area (Å²) in [6.45, 7) is 2.86. The van der Waals surface area contributed by atoms with Gasteiger partial charge in [-0.25, -0.2) is 0 Å². The third kappa shape index (κ3) is 3.18. The smallest absolute Gasteiger partial charge is 0.308 e. The number of carbonyl (C=O) groups is 1. The third-order valence-corrected chi connectivity index (χ3v) is 3.31. The third-order valence-electron chi connectivity index (χ3n) is 3.31. The van der Waals surface area contributed by atoms with Crippen molar-refractivity contribution in [3.63, 3.8) is 0 Å². The van der Waals surface area contributed by atoms with E-state index >= 15 is 0 Å². The Bertz CT molecular complexity index is 268. The lowest BCUT2D eigenvalue weighted by Crippen LogP contribution is -2.50. The number of ether oxygens (including phenoxy) is 3. The molecule has 0 saturated carbocycles. The summed E-state index contributed by atoms with van der Waals surface area (Å²) < 4.78 is 16.2. The van der Waals surface area contributed by atoms with Crippen LogP contribution in [0.25, 0.3) is 0 Å². The first-order valence-corrected chi connectivity index (χ1v) is 6.31. The Hall–Kier alpha value is -0.650. The highest BCUT2D eigenvalue weighted by Gasteiger charge is 2.40. The minimum atomic E-state index is -0.640. The van der Waals surface area contributed by atoms with Crippen molar-refractivity contribution in [1.29, 1.82) is 0 Å². The van der Waals surface area contributed by atoms with E-state index in [0.29, 0.717) is 13.0 Å². The largest absolute Gasteiger partial charge is 0.466 e. The van der Waals surface area contributed by atoms with Gasteiger partial charge in [-0.1, -0.05) is 0 Å². The van der Waals surface area contributed by atoms with Crippen molar-refractivity contribution in [2.75, 3.05) is 13.2 Å². The number of rotatable bonds is 3. The molecule has 0 radical (unpaired) electrons. The zero-order chi connectivity index (χ0) is 12.3. The Balaban J connectivity index is 1.88. The quantitative estimate of drug-likeness (QED) is 0.738. The van der Waals surface area contributed by atoms with Crippen molar-refractivity contribution in [2.24, 2.45) is 0 Å². The topological polar surface area (TPSA) is 65.0 Å². The molecule has 5 heteroatoms. The minimum absolute atomic E-state index is 0.0165. The van der Waals surface area contributed by atoms with Crippen molar-refractivity contribution < 1.29 is 24.1 Å². The fraction of sp³-hybridized carbons (Fsp3) is 0.917. The van der Waals surface area contributed by atoms with Gasteiger partial charge >= 0.3 is 5.97 Å². The van der Waals surface area contributed by atoms with Gasteiger partial charge in [0.25, 0.3) is 0 Å². The van der Waals surface area contributed by atoms with E-state index in [0.717, 1.165) is 19.4 Å². The fourth-order valence-electron chi connectivity index (χ4n) is 2.46. The summed E-state index contributed by atoms with van der Waals surface area (Å²) in [5, 5.41) is 9.91. The van der Waals surface area contributed by atoms with Crippen LogP contribution in [0.3, 0.4) is 0 Å². The van der Waals surface area contributed by atoms with E-state index in [4.69, 9.17) is 14.2 Å². The van der Waals surface area contributed by atoms with Gasteiger partial charge in [0.2, 0.25) is 0 Å². The van der Waals surface area contributed by atoms with E-state index in [2.05, 4.69) is 0 Å². The molecule has 0 amide bonds. The monoisotopic (exact) mass is 244 g/mol. The van der Waals surface area contributed by atoms with Gasteiger partial charge in [0.05, 0.1) is 37.4 Å². The number of aliphatic hydroxyl groups is 1. The average Bonchev–Trinajstić information content (AvgIpc) is 2.30. The van der Waals surface area contributed by atoms with Crippen molar-refractivity contribution >= 4 is 5.97 Å². The maximum Gasteiger partial charge on any atom is 0.308 e. The molecule has 2 rings (SSSR count). The van der Waals surface area contributed by atoms with Crippen molar-refractivity contribution in [3.8, 4) is 0 Å². The molecule has 0 unspecified atom stereocenters. The number of fused-ring (bicyclic) bond motifs is 1. The first-order valence-electron chi connectivity index (χ1n) is 6.31. The number of hydrogen-bond acceptors (Lipinski definition) is 5. The van der Waals surface area contributed by atoms with Crippen LogP contribution in [0.1, 0.15) is 32.6 Å². The summed E-state index contributed by atoms with van der Waals surface area (Å²) in [4.78, 5) is 11.4. The summed E-state index contributed by atoms with van der Waals surface area (Å²) in [7, 11) is 0. The number of hydrogen-bond donors (Lipinski definition) is 1. The van der Waals surface area contributed by atoms with Gasteiger partial charge in [0, 0.05) is 13.0 Å². The Morgan fingerprint density at radius 2 is 2.29 bits per heavy atom. The highest BCUT2D eigenvalue weighted by molar-refractivity contribution is 5.70. The Kier molecular flexibility index (Phi) is 4.36. The van der Waals surface area contributed by atoms with Crippen LogP contribution in [0.5, 0.6) is 0 Å². The molecule has 0 spiro atoms. The van der Waals surface area contributed by atoms with Crippen LogP contribution >= 0.6 is 0 Å². The van der Waals surface area contributed by atoms with E-state index in [1.807, 2.05) is 0 Å². The van der Waals surface area contributed by atoms with Gasteiger partial charge in [-0.15, -0.1) is 0 Å².